The fourth-order valence-electron chi connectivity index (χ4n) is 4.24. The molecule has 0 amide bonds. The van der Waals surface area contributed by atoms with E-state index in [4.69, 9.17) is 0 Å². The Balaban J connectivity index is 1.64. The van der Waals surface area contributed by atoms with Gasteiger partial charge in [0, 0.05) is 26.2 Å². The van der Waals surface area contributed by atoms with Crippen LogP contribution in [-0.2, 0) is 13.1 Å². The average molecular weight is 392 g/mol. The summed E-state index contributed by atoms with van der Waals surface area (Å²) in [6, 6.07) is 22.1. The lowest BCUT2D eigenvalue weighted by molar-refractivity contribution is -0.00925. The highest BCUT2D eigenvalue weighted by molar-refractivity contribution is 5.25. The van der Waals surface area contributed by atoms with Gasteiger partial charge in [-0.1, -0.05) is 54.1 Å². The molecule has 0 saturated carbocycles. The minimum absolute atomic E-state index is 0.0231. The number of nitrogens with zero attached hydrogens (tertiary/aromatic N) is 2. The third-order valence-electron chi connectivity index (χ3n) is 5.50. The van der Waals surface area contributed by atoms with Crippen molar-refractivity contribution in [2.75, 3.05) is 13.1 Å². The maximum atomic E-state index is 14.0. The molecule has 29 heavy (non-hydrogen) atoms. The van der Waals surface area contributed by atoms with Gasteiger partial charge in [-0.15, -0.1) is 0 Å². The predicted molar refractivity (Wildman–Crippen MR) is 112 cm³/mol. The van der Waals surface area contributed by atoms with Gasteiger partial charge in [0.1, 0.15) is 11.6 Å². The summed E-state index contributed by atoms with van der Waals surface area (Å²) in [7, 11) is 0. The second-order valence-electron chi connectivity index (χ2n) is 7.84. The lowest BCUT2D eigenvalue weighted by Gasteiger charge is -2.44. The molecule has 1 heterocycles. The summed E-state index contributed by atoms with van der Waals surface area (Å²) in [4.78, 5) is 4.78. The van der Waals surface area contributed by atoms with E-state index in [-0.39, 0.29) is 17.8 Å². The Morgan fingerprint density at radius 1 is 0.759 bits per heavy atom. The van der Waals surface area contributed by atoms with Crippen molar-refractivity contribution in [2.24, 2.45) is 0 Å². The Hall–Kier alpha value is -2.56. The topological polar surface area (TPSA) is 6.48 Å². The molecule has 1 atom stereocenters. The van der Waals surface area contributed by atoms with Crippen LogP contribution in [0.25, 0.3) is 0 Å². The second-order valence-corrected chi connectivity index (χ2v) is 7.84. The average Bonchev–Trinajstić information content (AvgIpc) is 2.70. The van der Waals surface area contributed by atoms with E-state index < -0.39 is 0 Å². The first-order valence-corrected chi connectivity index (χ1v) is 10.1. The van der Waals surface area contributed by atoms with E-state index in [2.05, 4.69) is 41.0 Å². The number of hydrogen-bond acceptors (Lipinski definition) is 2. The van der Waals surface area contributed by atoms with Gasteiger partial charge >= 0.3 is 0 Å². The van der Waals surface area contributed by atoms with Crippen LogP contribution in [-0.4, -0.2) is 22.9 Å². The van der Waals surface area contributed by atoms with E-state index in [1.807, 2.05) is 18.2 Å². The molecule has 1 unspecified atom stereocenters. The first-order valence-electron chi connectivity index (χ1n) is 10.1. The quantitative estimate of drug-likeness (QED) is 0.551. The molecule has 0 aromatic heterocycles. The van der Waals surface area contributed by atoms with Gasteiger partial charge in [0.05, 0.1) is 6.17 Å². The highest BCUT2D eigenvalue weighted by Gasteiger charge is 2.31. The number of hydrogen-bond donors (Lipinski definition) is 0. The minimum Gasteiger partial charge on any atom is -0.280 e. The molecule has 1 saturated heterocycles. The largest absolute Gasteiger partial charge is 0.280 e. The summed E-state index contributed by atoms with van der Waals surface area (Å²) in [6.07, 6.45) is 1.02. The fourth-order valence-corrected chi connectivity index (χ4v) is 4.24. The molecule has 1 aliphatic rings. The summed E-state index contributed by atoms with van der Waals surface area (Å²) in [5, 5.41) is 0. The monoisotopic (exact) mass is 392 g/mol. The molecule has 3 aromatic carbocycles. The third-order valence-corrected chi connectivity index (χ3v) is 5.50. The van der Waals surface area contributed by atoms with Crippen LogP contribution in [0, 0.1) is 18.6 Å². The summed E-state index contributed by atoms with van der Waals surface area (Å²) in [6.45, 7) is 5.48. The molecule has 0 radical (unpaired) electrons. The standard InChI is InChI=1S/C25H26F2N2/c1-19-5-2-6-21(15-19)18-29-14-4-13-28(17-20-9-11-23(26)12-10-20)25(29)22-7-3-8-24(27)16-22/h2-3,5-12,15-16,25H,4,13-14,17-18H2,1H3. The Labute approximate surface area is 171 Å². The van der Waals surface area contributed by atoms with Gasteiger partial charge < -0.3 is 0 Å². The van der Waals surface area contributed by atoms with E-state index in [9.17, 15) is 8.78 Å². The molecule has 2 nitrogen and oxygen atoms in total. The van der Waals surface area contributed by atoms with Crippen LogP contribution in [0.1, 0.15) is 34.8 Å². The lowest BCUT2D eigenvalue weighted by Crippen LogP contribution is -2.46. The Kier molecular flexibility index (Phi) is 6.02. The first-order chi connectivity index (χ1) is 14.1. The molecule has 1 aliphatic heterocycles. The van der Waals surface area contributed by atoms with E-state index >= 15 is 0 Å². The van der Waals surface area contributed by atoms with Gasteiger partial charge in [-0.2, -0.15) is 0 Å². The van der Waals surface area contributed by atoms with E-state index in [1.54, 1.807) is 12.1 Å². The maximum absolute atomic E-state index is 14.0. The number of aryl methyl sites for hydroxylation is 1. The molecule has 0 spiro atoms. The Morgan fingerprint density at radius 2 is 1.45 bits per heavy atom. The maximum Gasteiger partial charge on any atom is 0.123 e. The molecular weight excluding hydrogens is 366 g/mol. The Morgan fingerprint density at radius 3 is 2.14 bits per heavy atom. The zero-order chi connectivity index (χ0) is 20.2. The zero-order valence-corrected chi connectivity index (χ0v) is 16.7. The van der Waals surface area contributed by atoms with Gasteiger partial charge in [-0.05, 0) is 54.3 Å². The summed E-state index contributed by atoms with van der Waals surface area (Å²) >= 11 is 0. The van der Waals surface area contributed by atoms with Crippen LogP contribution >= 0.6 is 0 Å². The van der Waals surface area contributed by atoms with Crippen molar-refractivity contribution in [3.63, 3.8) is 0 Å². The van der Waals surface area contributed by atoms with Crippen molar-refractivity contribution >= 4 is 0 Å². The molecule has 4 heteroatoms. The third kappa shape index (κ3) is 4.89. The lowest BCUT2D eigenvalue weighted by atomic mass is 10.0. The first kappa shape index (κ1) is 19.7. The van der Waals surface area contributed by atoms with E-state index in [0.717, 1.165) is 37.2 Å². The van der Waals surface area contributed by atoms with Crippen LogP contribution in [0.4, 0.5) is 8.78 Å². The van der Waals surface area contributed by atoms with Crippen LogP contribution in [0.5, 0.6) is 0 Å². The van der Waals surface area contributed by atoms with Crippen LogP contribution < -0.4 is 0 Å². The minimum atomic E-state index is -0.227. The van der Waals surface area contributed by atoms with Crippen molar-refractivity contribution < 1.29 is 8.78 Å². The van der Waals surface area contributed by atoms with Gasteiger partial charge in [0.15, 0.2) is 0 Å². The van der Waals surface area contributed by atoms with Crippen molar-refractivity contribution in [3.05, 3.63) is 107 Å². The summed E-state index contributed by atoms with van der Waals surface area (Å²) < 4.78 is 27.4. The molecule has 0 aliphatic carbocycles. The zero-order valence-electron chi connectivity index (χ0n) is 16.7. The highest BCUT2D eigenvalue weighted by Crippen LogP contribution is 2.32. The smallest absolute Gasteiger partial charge is 0.123 e. The van der Waals surface area contributed by atoms with Crippen molar-refractivity contribution in [3.8, 4) is 0 Å². The molecule has 1 fully saturated rings. The highest BCUT2D eigenvalue weighted by atomic mass is 19.1. The van der Waals surface area contributed by atoms with Gasteiger partial charge in [-0.25, -0.2) is 8.78 Å². The SMILES string of the molecule is Cc1cccc(CN2CCCN(Cc3ccc(F)cc3)C2c2cccc(F)c2)c1. The number of halogens is 2. The molecule has 150 valence electrons. The molecule has 0 bridgehead atoms. The normalized spacial score (nSPS) is 18.1. The van der Waals surface area contributed by atoms with Crippen LogP contribution in [0.15, 0.2) is 72.8 Å². The molecule has 0 N–H and O–H groups in total. The molecular formula is C25H26F2N2. The Bertz CT molecular complexity index is 955. The van der Waals surface area contributed by atoms with Crippen LogP contribution in [0.3, 0.4) is 0 Å². The van der Waals surface area contributed by atoms with Gasteiger partial charge in [0.2, 0.25) is 0 Å². The van der Waals surface area contributed by atoms with E-state index in [0.29, 0.717) is 6.54 Å². The van der Waals surface area contributed by atoms with Crippen LogP contribution in [0.2, 0.25) is 0 Å². The number of rotatable bonds is 5. The van der Waals surface area contributed by atoms with Crippen molar-refractivity contribution in [1.82, 2.24) is 9.80 Å². The van der Waals surface area contributed by atoms with Gasteiger partial charge in [-0.3, -0.25) is 9.80 Å². The molecule has 4 rings (SSSR count). The summed E-state index contributed by atoms with van der Waals surface area (Å²) in [5.41, 5.74) is 4.52. The van der Waals surface area contributed by atoms with Gasteiger partial charge in [0.25, 0.3) is 0 Å². The second kappa shape index (κ2) is 8.85. The fraction of sp³-hybridized carbons (Fsp3) is 0.280. The summed E-state index contributed by atoms with van der Waals surface area (Å²) in [5.74, 6) is -0.444. The predicted octanol–water partition coefficient (Wildman–Crippen LogP) is 5.68. The number of benzene rings is 3. The van der Waals surface area contributed by atoms with Crippen molar-refractivity contribution in [1.29, 1.82) is 0 Å². The van der Waals surface area contributed by atoms with Crippen molar-refractivity contribution in [2.45, 2.75) is 32.6 Å². The molecule has 3 aromatic rings. The van der Waals surface area contributed by atoms with E-state index in [1.165, 1.54) is 29.3 Å².